The number of carboxylic acids is 1. The minimum Gasteiger partial charge on any atom is -0.478 e. The first-order valence-corrected chi connectivity index (χ1v) is 5.92. The van der Waals surface area contributed by atoms with Gasteiger partial charge in [0.2, 0.25) is 0 Å². The Hall–Kier alpha value is -2.17. The zero-order chi connectivity index (χ0) is 14.2. The Labute approximate surface area is 110 Å². The number of aryl methyl sites for hydroxylation is 1. The molecule has 1 heterocycles. The van der Waals surface area contributed by atoms with Gasteiger partial charge >= 0.3 is 5.97 Å². The van der Waals surface area contributed by atoms with Crippen molar-refractivity contribution in [3.63, 3.8) is 0 Å². The number of benzene rings is 1. The van der Waals surface area contributed by atoms with Crippen molar-refractivity contribution in [3.8, 4) is 0 Å². The number of aromatic carboxylic acids is 1. The number of halogens is 1. The Balaban J connectivity index is 2.33. The topological polar surface area (TPSA) is 55.1 Å². The van der Waals surface area contributed by atoms with E-state index in [4.69, 9.17) is 5.11 Å². The third-order valence-corrected chi connectivity index (χ3v) is 3.36. The van der Waals surface area contributed by atoms with Crippen LogP contribution in [0.2, 0.25) is 0 Å². The Morgan fingerprint density at radius 2 is 2.05 bits per heavy atom. The van der Waals surface area contributed by atoms with Crippen LogP contribution >= 0.6 is 0 Å². The van der Waals surface area contributed by atoms with Crippen LogP contribution in [0.1, 0.15) is 32.9 Å². The van der Waals surface area contributed by atoms with E-state index in [-0.39, 0.29) is 5.56 Å². The fourth-order valence-corrected chi connectivity index (χ4v) is 1.91. The summed E-state index contributed by atoms with van der Waals surface area (Å²) in [5.74, 6) is -1.66. The van der Waals surface area contributed by atoms with Crippen LogP contribution in [0, 0.1) is 26.6 Å². The number of aromatic nitrogens is 2. The Morgan fingerprint density at radius 3 is 2.53 bits per heavy atom. The first-order valence-electron chi connectivity index (χ1n) is 5.92. The van der Waals surface area contributed by atoms with Crippen molar-refractivity contribution in [2.24, 2.45) is 0 Å². The van der Waals surface area contributed by atoms with E-state index < -0.39 is 11.8 Å². The molecule has 1 aromatic heterocycles. The molecule has 19 heavy (non-hydrogen) atoms. The minimum absolute atomic E-state index is 0.0502. The molecule has 0 aliphatic carbocycles. The van der Waals surface area contributed by atoms with Crippen molar-refractivity contribution in [1.29, 1.82) is 0 Å². The van der Waals surface area contributed by atoms with Gasteiger partial charge in [0, 0.05) is 11.3 Å². The van der Waals surface area contributed by atoms with Crippen LogP contribution in [-0.4, -0.2) is 20.9 Å². The molecule has 0 unspecified atom stereocenters. The highest BCUT2D eigenvalue weighted by atomic mass is 19.1. The van der Waals surface area contributed by atoms with Gasteiger partial charge in [0.05, 0.1) is 17.8 Å². The van der Waals surface area contributed by atoms with Crippen LogP contribution in [0.25, 0.3) is 0 Å². The molecule has 0 fully saturated rings. The van der Waals surface area contributed by atoms with Gasteiger partial charge in [-0.25, -0.2) is 9.18 Å². The Kier molecular flexibility index (Phi) is 3.38. The summed E-state index contributed by atoms with van der Waals surface area (Å²) in [4.78, 5) is 10.7. The van der Waals surface area contributed by atoms with Gasteiger partial charge in [-0.15, -0.1) is 0 Å². The number of hydrogen-bond acceptors (Lipinski definition) is 2. The first kappa shape index (κ1) is 13.3. The SMILES string of the molecule is Cc1nn(Cc2ccc(C(=O)O)cc2F)c(C)c1C. The van der Waals surface area contributed by atoms with E-state index in [0.717, 1.165) is 23.0 Å². The molecule has 0 bridgehead atoms. The molecule has 1 N–H and O–H groups in total. The van der Waals surface area contributed by atoms with Gasteiger partial charge in [-0.1, -0.05) is 6.07 Å². The maximum Gasteiger partial charge on any atom is 0.335 e. The van der Waals surface area contributed by atoms with E-state index in [9.17, 15) is 9.18 Å². The van der Waals surface area contributed by atoms with Gasteiger partial charge in [0.25, 0.3) is 0 Å². The van der Waals surface area contributed by atoms with Gasteiger partial charge in [-0.05, 0) is 38.5 Å². The third-order valence-electron chi connectivity index (χ3n) is 3.36. The summed E-state index contributed by atoms with van der Waals surface area (Å²) in [5, 5.41) is 13.1. The zero-order valence-electron chi connectivity index (χ0n) is 11.1. The van der Waals surface area contributed by atoms with Crippen LogP contribution in [0.4, 0.5) is 4.39 Å². The molecule has 100 valence electrons. The molecule has 0 radical (unpaired) electrons. The standard InChI is InChI=1S/C14H15FN2O2/c1-8-9(2)16-17(10(8)3)7-12-5-4-11(14(18)19)6-13(12)15/h4-6H,7H2,1-3H3,(H,18,19). The fourth-order valence-electron chi connectivity index (χ4n) is 1.91. The lowest BCUT2D eigenvalue weighted by atomic mass is 10.1. The maximum atomic E-state index is 13.8. The summed E-state index contributed by atoms with van der Waals surface area (Å²) in [7, 11) is 0. The average Bonchev–Trinajstić information content (AvgIpc) is 2.59. The van der Waals surface area contributed by atoms with E-state index in [1.54, 1.807) is 4.68 Å². The van der Waals surface area contributed by atoms with E-state index in [1.165, 1.54) is 12.1 Å². The highest BCUT2D eigenvalue weighted by molar-refractivity contribution is 5.87. The largest absolute Gasteiger partial charge is 0.478 e. The van der Waals surface area contributed by atoms with Crippen molar-refractivity contribution in [1.82, 2.24) is 9.78 Å². The lowest BCUT2D eigenvalue weighted by Crippen LogP contribution is -2.07. The second-order valence-electron chi connectivity index (χ2n) is 4.56. The maximum absolute atomic E-state index is 13.8. The molecule has 0 spiro atoms. The summed E-state index contributed by atoms with van der Waals surface area (Å²) in [6.07, 6.45) is 0. The normalized spacial score (nSPS) is 10.7. The Morgan fingerprint density at radius 1 is 1.37 bits per heavy atom. The van der Waals surface area contributed by atoms with Crippen molar-refractivity contribution in [2.45, 2.75) is 27.3 Å². The van der Waals surface area contributed by atoms with Crippen LogP contribution in [-0.2, 0) is 6.54 Å². The number of carboxylic acid groups (broad SMARTS) is 1. The summed E-state index contributed by atoms with van der Waals surface area (Å²) in [6.45, 7) is 6.10. The van der Waals surface area contributed by atoms with Crippen molar-refractivity contribution >= 4 is 5.97 Å². The smallest absolute Gasteiger partial charge is 0.335 e. The molecule has 0 saturated heterocycles. The summed E-state index contributed by atoms with van der Waals surface area (Å²) >= 11 is 0. The van der Waals surface area contributed by atoms with Crippen LogP contribution in [0.5, 0.6) is 0 Å². The Bertz CT molecular complexity index is 647. The van der Waals surface area contributed by atoms with E-state index in [1.807, 2.05) is 20.8 Å². The average molecular weight is 262 g/mol. The molecule has 0 saturated carbocycles. The molecule has 4 nitrogen and oxygen atoms in total. The quantitative estimate of drug-likeness (QED) is 0.925. The van der Waals surface area contributed by atoms with Gasteiger partial charge in [-0.3, -0.25) is 4.68 Å². The van der Waals surface area contributed by atoms with Crippen LogP contribution in [0.15, 0.2) is 18.2 Å². The molecular formula is C14H15FN2O2. The van der Waals surface area contributed by atoms with E-state index >= 15 is 0 Å². The van der Waals surface area contributed by atoms with Gasteiger partial charge in [0.1, 0.15) is 5.82 Å². The minimum atomic E-state index is -1.13. The molecule has 5 heteroatoms. The fraction of sp³-hybridized carbons (Fsp3) is 0.286. The first-order chi connectivity index (χ1) is 8.90. The molecule has 0 aliphatic rings. The summed E-state index contributed by atoms with van der Waals surface area (Å²) in [5.41, 5.74) is 3.36. The predicted octanol–water partition coefficient (Wildman–Crippen LogP) is 2.69. The van der Waals surface area contributed by atoms with Crippen molar-refractivity contribution in [2.75, 3.05) is 0 Å². The summed E-state index contributed by atoms with van der Waals surface area (Å²) in [6, 6.07) is 3.93. The van der Waals surface area contributed by atoms with Crippen molar-refractivity contribution in [3.05, 3.63) is 52.1 Å². The molecule has 0 amide bonds. The number of carbonyl (C=O) groups is 1. The number of hydrogen-bond donors (Lipinski definition) is 1. The number of rotatable bonds is 3. The van der Waals surface area contributed by atoms with Crippen LogP contribution < -0.4 is 0 Å². The monoisotopic (exact) mass is 262 g/mol. The number of nitrogens with zero attached hydrogens (tertiary/aromatic N) is 2. The molecule has 0 aliphatic heterocycles. The molecule has 0 atom stereocenters. The van der Waals surface area contributed by atoms with Crippen LogP contribution in [0.3, 0.4) is 0 Å². The highest BCUT2D eigenvalue weighted by Crippen LogP contribution is 2.16. The zero-order valence-corrected chi connectivity index (χ0v) is 11.1. The van der Waals surface area contributed by atoms with Crippen molar-refractivity contribution < 1.29 is 14.3 Å². The lowest BCUT2D eigenvalue weighted by molar-refractivity contribution is 0.0696. The second-order valence-corrected chi connectivity index (χ2v) is 4.56. The van der Waals surface area contributed by atoms with E-state index in [2.05, 4.69) is 5.10 Å². The second kappa shape index (κ2) is 4.84. The highest BCUT2D eigenvalue weighted by Gasteiger charge is 2.12. The molecule has 1 aromatic carbocycles. The van der Waals surface area contributed by atoms with Gasteiger partial charge in [0.15, 0.2) is 0 Å². The summed E-state index contributed by atoms with van der Waals surface area (Å²) < 4.78 is 15.6. The third kappa shape index (κ3) is 2.50. The molecule has 2 rings (SSSR count). The van der Waals surface area contributed by atoms with Gasteiger partial charge < -0.3 is 5.11 Å². The molecular weight excluding hydrogens is 247 g/mol. The van der Waals surface area contributed by atoms with Gasteiger partial charge in [-0.2, -0.15) is 5.10 Å². The van der Waals surface area contributed by atoms with E-state index in [0.29, 0.717) is 12.1 Å². The predicted molar refractivity (Wildman–Crippen MR) is 68.9 cm³/mol. The molecule has 2 aromatic rings. The lowest BCUT2D eigenvalue weighted by Gasteiger charge is -2.07.